The second kappa shape index (κ2) is 6.37. The normalized spacial score (nSPS) is 12.0. The Morgan fingerprint density at radius 3 is 2.52 bits per heavy atom. The van der Waals surface area contributed by atoms with E-state index in [4.69, 9.17) is 0 Å². The van der Waals surface area contributed by atoms with Gasteiger partial charge in [0.15, 0.2) is 0 Å². The lowest BCUT2D eigenvalue weighted by Crippen LogP contribution is -2.35. The first kappa shape index (κ1) is 15.0. The molecular weight excluding hydrogens is 268 g/mol. The molecule has 0 aliphatic carbocycles. The van der Waals surface area contributed by atoms with Gasteiger partial charge in [0, 0.05) is 5.69 Å². The van der Waals surface area contributed by atoms with Crippen LogP contribution in [0.2, 0.25) is 0 Å². The van der Waals surface area contributed by atoms with Gasteiger partial charge in [-0.1, -0.05) is 30.3 Å². The number of aromatic nitrogens is 1. The Kier molecular flexibility index (Phi) is 4.55. The molecule has 0 fully saturated rings. The average molecular weight is 286 g/mol. The number of nitrogens with one attached hydrogen (secondary N) is 2. The molecule has 1 atom stereocenters. The van der Waals surface area contributed by atoms with Crippen LogP contribution in [0.4, 0.5) is 0 Å². The molecule has 0 bridgehead atoms. The van der Waals surface area contributed by atoms with Crippen molar-refractivity contribution in [1.82, 2.24) is 10.3 Å². The van der Waals surface area contributed by atoms with Gasteiger partial charge >= 0.3 is 0 Å². The number of carbonyl (C=O) groups is 1. The topological polar surface area (TPSA) is 82.2 Å². The smallest absolute Gasteiger partial charge is 0.261 e. The molecule has 0 aliphatic heterocycles. The molecule has 0 saturated carbocycles. The maximum atomic E-state index is 12.3. The van der Waals surface area contributed by atoms with E-state index in [1.54, 1.807) is 19.9 Å². The summed E-state index contributed by atoms with van der Waals surface area (Å²) >= 11 is 0. The number of pyridine rings is 1. The van der Waals surface area contributed by atoms with Crippen LogP contribution in [0.3, 0.4) is 0 Å². The van der Waals surface area contributed by atoms with Crippen molar-refractivity contribution in [2.45, 2.75) is 19.9 Å². The molecule has 110 valence electrons. The highest BCUT2D eigenvalue weighted by atomic mass is 16.3. The van der Waals surface area contributed by atoms with Gasteiger partial charge in [0.1, 0.15) is 5.56 Å². The zero-order chi connectivity index (χ0) is 15.4. The molecule has 0 aliphatic rings. The van der Waals surface area contributed by atoms with E-state index in [1.165, 1.54) is 0 Å². The summed E-state index contributed by atoms with van der Waals surface area (Å²) in [5.41, 5.74) is 1.76. The van der Waals surface area contributed by atoms with Crippen LogP contribution in [0.25, 0.3) is 0 Å². The van der Waals surface area contributed by atoms with Crippen molar-refractivity contribution >= 4 is 5.91 Å². The van der Waals surface area contributed by atoms with Gasteiger partial charge in [-0.3, -0.25) is 9.59 Å². The summed E-state index contributed by atoms with van der Waals surface area (Å²) in [7, 11) is 0. The van der Waals surface area contributed by atoms with Crippen LogP contribution in [0, 0.1) is 13.8 Å². The zero-order valence-electron chi connectivity index (χ0n) is 12.0. The van der Waals surface area contributed by atoms with Crippen molar-refractivity contribution in [1.29, 1.82) is 0 Å². The Hall–Kier alpha value is -2.40. The average Bonchev–Trinajstić information content (AvgIpc) is 2.44. The highest BCUT2D eigenvalue weighted by molar-refractivity contribution is 5.95. The quantitative estimate of drug-likeness (QED) is 0.795. The van der Waals surface area contributed by atoms with Gasteiger partial charge in [-0.05, 0) is 31.0 Å². The Labute approximate surface area is 122 Å². The van der Waals surface area contributed by atoms with E-state index in [1.807, 2.05) is 30.3 Å². The van der Waals surface area contributed by atoms with Gasteiger partial charge in [0.2, 0.25) is 0 Å². The third kappa shape index (κ3) is 3.38. The molecule has 0 spiro atoms. The van der Waals surface area contributed by atoms with E-state index in [0.717, 1.165) is 5.56 Å². The number of aryl methyl sites for hydroxylation is 2. The maximum Gasteiger partial charge on any atom is 0.261 e. The summed E-state index contributed by atoms with van der Waals surface area (Å²) in [4.78, 5) is 26.8. The second-order valence-electron chi connectivity index (χ2n) is 4.96. The first-order valence-electron chi connectivity index (χ1n) is 6.70. The number of rotatable bonds is 4. The Bertz CT molecular complexity index is 692. The van der Waals surface area contributed by atoms with Gasteiger partial charge in [-0.2, -0.15) is 0 Å². The fraction of sp³-hybridized carbons (Fsp3) is 0.250. The summed E-state index contributed by atoms with van der Waals surface area (Å²) in [6, 6.07) is 10.3. The van der Waals surface area contributed by atoms with Crippen LogP contribution in [-0.4, -0.2) is 22.6 Å². The molecule has 2 aromatic rings. The number of benzene rings is 1. The van der Waals surface area contributed by atoms with Crippen LogP contribution >= 0.6 is 0 Å². The predicted octanol–water partition coefficient (Wildman–Crippen LogP) is 1.46. The number of hydrogen-bond donors (Lipinski definition) is 3. The van der Waals surface area contributed by atoms with Gasteiger partial charge in [0.25, 0.3) is 11.5 Å². The molecule has 5 heteroatoms. The Balaban J connectivity index is 2.27. The van der Waals surface area contributed by atoms with E-state index in [2.05, 4.69) is 10.3 Å². The third-order valence-electron chi connectivity index (χ3n) is 3.28. The molecule has 2 rings (SSSR count). The molecule has 1 aromatic heterocycles. The molecule has 21 heavy (non-hydrogen) atoms. The Morgan fingerprint density at radius 1 is 1.29 bits per heavy atom. The minimum absolute atomic E-state index is 0.0787. The number of H-pyrrole nitrogens is 1. The van der Waals surface area contributed by atoms with Crippen molar-refractivity contribution in [2.75, 3.05) is 6.61 Å². The molecule has 0 unspecified atom stereocenters. The number of hydrogen-bond acceptors (Lipinski definition) is 3. The molecule has 0 saturated heterocycles. The van der Waals surface area contributed by atoms with Crippen molar-refractivity contribution < 1.29 is 9.90 Å². The Morgan fingerprint density at radius 2 is 1.95 bits per heavy atom. The van der Waals surface area contributed by atoms with E-state index in [-0.39, 0.29) is 12.2 Å². The largest absolute Gasteiger partial charge is 0.394 e. The third-order valence-corrected chi connectivity index (χ3v) is 3.28. The number of amides is 1. The van der Waals surface area contributed by atoms with Crippen LogP contribution in [-0.2, 0) is 0 Å². The summed E-state index contributed by atoms with van der Waals surface area (Å²) in [5.74, 6) is -0.489. The minimum atomic E-state index is -0.543. The van der Waals surface area contributed by atoms with E-state index in [9.17, 15) is 14.7 Å². The highest BCUT2D eigenvalue weighted by Crippen LogP contribution is 2.13. The fourth-order valence-corrected chi connectivity index (χ4v) is 2.29. The number of carbonyl (C=O) groups excluding carboxylic acids is 1. The van der Waals surface area contributed by atoms with Crippen LogP contribution < -0.4 is 10.9 Å². The van der Waals surface area contributed by atoms with E-state index >= 15 is 0 Å². The zero-order valence-corrected chi connectivity index (χ0v) is 12.0. The van der Waals surface area contributed by atoms with Crippen LogP contribution in [0.15, 0.2) is 41.2 Å². The summed E-state index contributed by atoms with van der Waals surface area (Å²) < 4.78 is 0. The van der Waals surface area contributed by atoms with Crippen molar-refractivity contribution in [3.8, 4) is 0 Å². The predicted molar refractivity (Wildman–Crippen MR) is 80.3 cm³/mol. The van der Waals surface area contributed by atoms with Crippen LogP contribution in [0.5, 0.6) is 0 Å². The lowest BCUT2D eigenvalue weighted by atomic mass is 10.1. The first-order valence-corrected chi connectivity index (χ1v) is 6.70. The number of aromatic amines is 1. The molecule has 5 nitrogen and oxygen atoms in total. The second-order valence-corrected chi connectivity index (χ2v) is 4.96. The summed E-state index contributed by atoms with van der Waals surface area (Å²) in [6.45, 7) is 3.24. The number of aliphatic hydroxyl groups is 1. The maximum absolute atomic E-state index is 12.3. The van der Waals surface area contributed by atoms with Crippen LogP contribution in [0.1, 0.15) is 33.2 Å². The first-order chi connectivity index (χ1) is 10.0. The molecule has 1 amide bonds. The number of aliphatic hydroxyl groups excluding tert-OH is 1. The van der Waals surface area contributed by atoms with Crippen molar-refractivity contribution in [3.05, 3.63) is 69.1 Å². The van der Waals surface area contributed by atoms with E-state index in [0.29, 0.717) is 11.3 Å². The summed E-state index contributed by atoms with van der Waals surface area (Å²) in [6.07, 6.45) is 0. The minimum Gasteiger partial charge on any atom is -0.394 e. The van der Waals surface area contributed by atoms with Crippen molar-refractivity contribution in [3.63, 3.8) is 0 Å². The lowest BCUT2D eigenvalue weighted by Gasteiger charge is -2.17. The molecule has 1 aromatic carbocycles. The molecule has 3 N–H and O–H groups in total. The molecule has 1 heterocycles. The standard InChI is InChI=1S/C16H18N2O3/c1-10-8-11(2)17-15(20)14(10)16(21)18-13(9-19)12-6-4-3-5-7-12/h3-8,13,19H,9H2,1-2H3,(H,17,20)(H,18,21)/t13-/m0/s1. The highest BCUT2D eigenvalue weighted by Gasteiger charge is 2.19. The fourth-order valence-electron chi connectivity index (χ4n) is 2.29. The van der Waals surface area contributed by atoms with Crippen molar-refractivity contribution in [2.24, 2.45) is 0 Å². The van der Waals surface area contributed by atoms with Gasteiger partial charge < -0.3 is 15.4 Å². The monoisotopic (exact) mass is 286 g/mol. The molecular formula is C16H18N2O3. The van der Waals surface area contributed by atoms with Gasteiger partial charge in [-0.15, -0.1) is 0 Å². The lowest BCUT2D eigenvalue weighted by molar-refractivity contribution is 0.0914. The van der Waals surface area contributed by atoms with E-state index < -0.39 is 17.5 Å². The summed E-state index contributed by atoms with van der Waals surface area (Å²) in [5, 5.41) is 12.1. The SMILES string of the molecule is Cc1cc(C)c(C(=O)N[C@@H](CO)c2ccccc2)c(=O)[nH]1. The molecule has 0 radical (unpaired) electrons. The van der Waals surface area contributed by atoms with Gasteiger partial charge in [0.05, 0.1) is 12.6 Å². The van der Waals surface area contributed by atoms with Gasteiger partial charge in [-0.25, -0.2) is 0 Å².